The maximum Gasteiger partial charge on any atom is 0.136 e. The van der Waals surface area contributed by atoms with Crippen LogP contribution in [0.2, 0.25) is 0 Å². The number of hydrogen-bond acceptors (Lipinski definition) is 3. The maximum absolute atomic E-state index is 9.04. The first-order valence-electron chi connectivity index (χ1n) is 5.86. The van der Waals surface area contributed by atoms with Gasteiger partial charge in [-0.15, -0.1) is 0 Å². The summed E-state index contributed by atoms with van der Waals surface area (Å²) in [6.07, 6.45) is 2.17. The van der Waals surface area contributed by atoms with Crippen LogP contribution in [0, 0.1) is 17.2 Å². The molecule has 3 heteroatoms. The van der Waals surface area contributed by atoms with Gasteiger partial charge in [0.15, 0.2) is 0 Å². The molecular weight excluding hydrogens is 212 g/mol. The summed E-state index contributed by atoms with van der Waals surface area (Å²) in [6, 6.07) is 7.85. The van der Waals surface area contributed by atoms with Gasteiger partial charge in [-0.3, -0.25) is 4.99 Å². The Labute approximate surface area is 102 Å². The summed E-state index contributed by atoms with van der Waals surface area (Å²) in [7, 11) is 1.58. The number of nitriles is 1. The fourth-order valence-corrected chi connectivity index (χ4v) is 2.03. The molecule has 0 saturated heterocycles. The summed E-state index contributed by atoms with van der Waals surface area (Å²) in [5, 5.41) is 9.04. The molecule has 0 amide bonds. The molecular formula is C14H16N2O. The Morgan fingerprint density at radius 2 is 2.29 bits per heavy atom. The summed E-state index contributed by atoms with van der Waals surface area (Å²) < 4.78 is 5.13. The molecule has 1 aromatic rings. The molecule has 1 atom stereocenters. The van der Waals surface area contributed by atoms with Crippen molar-refractivity contribution in [3.05, 3.63) is 29.3 Å². The standard InChI is InChI=1S/C14H16N2O/c1-10-3-5-13(16-9-10)11-4-6-14(17-2)12(7-11)8-15/h4,6-7,10H,3,5,9H2,1-2H3. The monoisotopic (exact) mass is 228 g/mol. The average Bonchev–Trinajstić information content (AvgIpc) is 2.39. The van der Waals surface area contributed by atoms with Gasteiger partial charge in [0.25, 0.3) is 0 Å². The number of nitrogens with zero attached hydrogens (tertiary/aromatic N) is 2. The lowest BCUT2D eigenvalue weighted by molar-refractivity contribution is 0.413. The van der Waals surface area contributed by atoms with Gasteiger partial charge in [0.1, 0.15) is 11.8 Å². The van der Waals surface area contributed by atoms with E-state index in [9.17, 15) is 0 Å². The topological polar surface area (TPSA) is 45.4 Å². The van der Waals surface area contributed by atoms with Crippen LogP contribution in [0.1, 0.15) is 30.9 Å². The molecule has 0 saturated carbocycles. The van der Waals surface area contributed by atoms with Crippen LogP contribution in [0.15, 0.2) is 23.2 Å². The Morgan fingerprint density at radius 3 is 2.88 bits per heavy atom. The molecule has 3 nitrogen and oxygen atoms in total. The normalized spacial score (nSPS) is 19.4. The van der Waals surface area contributed by atoms with E-state index >= 15 is 0 Å². The molecule has 0 aromatic heterocycles. The molecule has 0 fully saturated rings. The lowest BCUT2D eigenvalue weighted by Gasteiger charge is -2.17. The Balaban J connectivity index is 2.32. The number of aliphatic imine (C=N–C) groups is 1. The smallest absolute Gasteiger partial charge is 0.136 e. The quantitative estimate of drug-likeness (QED) is 0.781. The predicted octanol–water partition coefficient (Wildman–Crippen LogP) is 2.79. The summed E-state index contributed by atoms with van der Waals surface area (Å²) in [6.45, 7) is 3.11. The van der Waals surface area contributed by atoms with Crippen molar-refractivity contribution < 1.29 is 4.74 Å². The highest BCUT2D eigenvalue weighted by Crippen LogP contribution is 2.23. The van der Waals surface area contributed by atoms with Gasteiger partial charge >= 0.3 is 0 Å². The van der Waals surface area contributed by atoms with Crippen molar-refractivity contribution >= 4 is 5.71 Å². The highest BCUT2D eigenvalue weighted by molar-refractivity contribution is 6.01. The van der Waals surface area contributed by atoms with Gasteiger partial charge in [-0.1, -0.05) is 6.92 Å². The molecule has 1 unspecified atom stereocenters. The van der Waals surface area contributed by atoms with Crippen LogP contribution < -0.4 is 4.74 Å². The van der Waals surface area contributed by atoms with E-state index in [0.717, 1.165) is 24.2 Å². The van der Waals surface area contributed by atoms with Gasteiger partial charge in [-0.2, -0.15) is 5.26 Å². The second kappa shape index (κ2) is 5.01. The first kappa shape index (κ1) is 11.7. The van der Waals surface area contributed by atoms with Crippen LogP contribution in [0.25, 0.3) is 0 Å². The highest BCUT2D eigenvalue weighted by atomic mass is 16.5. The fraction of sp³-hybridized carbons (Fsp3) is 0.429. The first-order valence-corrected chi connectivity index (χ1v) is 5.86. The maximum atomic E-state index is 9.04. The third kappa shape index (κ3) is 2.47. The van der Waals surface area contributed by atoms with E-state index in [1.165, 1.54) is 6.42 Å². The zero-order valence-corrected chi connectivity index (χ0v) is 10.2. The number of rotatable bonds is 2. The van der Waals surface area contributed by atoms with E-state index in [2.05, 4.69) is 18.0 Å². The second-order valence-corrected chi connectivity index (χ2v) is 4.46. The third-order valence-corrected chi connectivity index (χ3v) is 3.12. The molecule has 0 bridgehead atoms. The van der Waals surface area contributed by atoms with Gasteiger partial charge in [0.05, 0.1) is 12.7 Å². The Bertz CT molecular complexity index is 485. The Morgan fingerprint density at radius 1 is 1.47 bits per heavy atom. The lowest BCUT2D eigenvalue weighted by Crippen LogP contribution is -2.14. The van der Waals surface area contributed by atoms with E-state index in [4.69, 9.17) is 10.00 Å². The summed E-state index contributed by atoms with van der Waals surface area (Å²) in [4.78, 5) is 4.58. The van der Waals surface area contributed by atoms with E-state index in [-0.39, 0.29) is 0 Å². The van der Waals surface area contributed by atoms with Crippen molar-refractivity contribution in [3.8, 4) is 11.8 Å². The van der Waals surface area contributed by atoms with Crippen molar-refractivity contribution in [2.75, 3.05) is 13.7 Å². The van der Waals surface area contributed by atoms with Crippen molar-refractivity contribution in [1.29, 1.82) is 5.26 Å². The molecule has 1 aliphatic rings. The van der Waals surface area contributed by atoms with E-state index in [0.29, 0.717) is 17.2 Å². The van der Waals surface area contributed by atoms with E-state index in [1.807, 2.05) is 18.2 Å². The lowest BCUT2D eigenvalue weighted by atomic mass is 9.95. The SMILES string of the molecule is COc1ccc(C2=NCC(C)CC2)cc1C#N. The Hall–Kier alpha value is -1.82. The summed E-state index contributed by atoms with van der Waals surface area (Å²) >= 11 is 0. The summed E-state index contributed by atoms with van der Waals surface area (Å²) in [5.74, 6) is 1.30. The molecule has 88 valence electrons. The number of hydrogen-bond donors (Lipinski definition) is 0. The van der Waals surface area contributed by atoms with Crippen molar-refractivity contribution in [2.45, 2.75) is 19.8 Å². The van der Waals surface area contributed by atoms with Gasteiger partial charge in [-0.05, 0) is 42.5 Å². The zero-order valence-electron chi connectivity index (χ0n) is 10.2. The van der Waals surface area contributed by atoms with Crippen LogP contribution >= 0.6 is 0 Å². The minimum atomic E-state index is 0.575. The van der Waals surface area contributed by atoms with E-state index in [1.54, 1.807) is 7.11 Å². The zero-order chi connectivity index (χ0) is 12.3. The molecule has 1 heterocycles. The van der Waals surface area contributed by atoms with Gasteiger partial charge in [0.2, 0.25) is 0 Å². The van der Waals surface area contributed by atoms with Crippen LogP contribution in [0.4, 0.5) is 0 Å². The van der Waals surface area contributed by atoms with Gasteiger partial charge < -0.3 is 4.74 Å². The van der Waals surface area contributed by atoms with Crippen molar-refractivity contribution in [2.24, 2.45) is 10.9 Å². The molecule has 0 N–H and O–H groups in total. The summed E-state index contributed by atoms with van der Waals surface area (Å²) in [5.41, 5.74) is 2.74. The highest BCUT2D eigenvalue weighted by Gasteiger charge is 2.14. The molecule has 1 aliphatic heterocycles. The van der Waals surface area contributed by atoms with Gasteiger partial charge in [-0.25, -0.2) is 0 Å². The number of methoxy groups -OCH3 is 1. The molecule has 2 rings (SSSR count). The van der Waals surface area contributed by atoms with Crippen LogP contribution in [-0.4, -0.2) is 19.4 Å². The van der Waals surface area contributed by atoms with Crippen molar-refractivity contribution in [1.82, 2.24) is 0 Å². The number of ether oxygens (including phenoxy) is 1. The molecule has 0 radical (unpaired) electrons. The number of benzene rings is 1. The average molecular weight is 228 g/mol. The van der Waals surface area contributed by atoms with Crippen LogP contribution in [-0.2, 0) is 0 Å². The van der Waals surface area contributed by atoms with E-state index < -0.39 is 0 Å². The van der Waals surface area contributed by atoms with Crippen LogP contribution in [0.3, 0.4) is 0 Å². The molecule has 0 aliphatic carbocycles. The first-order chi connectivity index (χ1) is 8.24. The minimum absolute atomic E-state index is 0.575. The van der Waals surface area contributed by atoms with Crippen LogP contribution in [0.5, 0.6) is 5.75 Å². The fourth-order valence-electron chi connectivity index (χ4n) is 2.03. The minimum Gasteiger partial charge on any atom is -0.495 e. The second-order valence-electron chi connectivity index (χ2n) is 4.46. The molecule has 17 heavy (non-hydrogen) atoms. The predicted molar refractivity (Wildman–Crippen MR) is 67.5 cm³/mol. The third-order valence-electron chi connectivity index (χ3n) is 3.12. The Kier molecular flexibility index (Phi) is 3.43. The van der Waals surface area contributed by atoms with Crippen molar-refractivity contribution in [3.63, 3.8) is 0 Å². The van der Waals surface area contributed by atoms with Gasteiger partial charge in [0, 0.05) is 12.3 Å². The molecule has 0 spiro atoms. The molecule has 1 aromatic carbocycles. The largest absolute Gasteiger partial charge is 0.495 e.